The largest absolute Gasteiger partial charge is 0.352 e. The van der Waals surface area contributed by atoms with Gasteiger partial charge in [0.15, 0.2) is 0 Å². The molecule has 0 spiro atoms. The van der Waals surface area contributed by atoms with Crippen LogP contribution in [0.25, 0.3) is 10.9 Å². The van der Waals surface area contributed by atoms with Crippen molar-refractivity contribution in [3.63, 3.8) is 0 Å². The van der Waals surface area contributed by atoms with Crippen LogP contribution in [0, 0.1) is 0 Å². The van der Waals surface area contributed by atoms with Crippen LogP contribution in [-0.4, -0.2) is 17.0 Å². The predicted octanol–water partition coefficient (Wildman–Crippen LogP) is 1.48. The summed E-state index contributed by atoms with van der Waals surface area (Å²) in [5.41, 5.74) is 4.84. The smallest absolute Gasteiger partial charge is 0.253 e. The molecule has 80 valence electrons. The highest BCUT2D eigenvalue weighted by molar-refractivity contribution is 6.10. The fourth-order valence-corrected chi connectivity index (χ4v) is 3.11. The lowest BCUT2D eigenvalue weighted by molar-refractivity contribution is 0.0947. The van der Waals surface area contributed by atoms with Crippen molar-refractivity contribution in [2.24, 2.45) is 0 Å². The van der Waals surface area contributed by atoms with Crippen LogP contribution >= 0.6 is 0 Å². The predicted molar refractivity (Wildman–Crippen MR) is 61.7 cm³/mol. The molecule has 3 heteroatoms. The summed E-state index contributed by atoms with van der Waals surface area (Å²) in [5, 5.41) is 4.08. The molecule has 1 N–H and O–H groups in total. The van der Waals surface area contributed by atoms with E-state index in [0.717, 1.165) is 36.9 Å². The zero-order valence-electron chi connectivity index (χ0n) is 8.92. The normalized spacial score (nSPS) is 17.6. The van der Waals surface area contributed by atoms with Crippen molar-refractivity contribution in [3.05, 3.63) is 35.0 Å². The third-order valence-corrected chi connectivity index (χ3v) is 3.75. The molecular formula is C13H12N2O. The van der Waals surface area contributed by atoms with E-state index in [1.807, 2.05) is 0 Å². The Morgan fingerprint density at radius 3 is 3.12 bits per heavy atom. The summed E-state index contributed by atoms with van der Waals surface area (Å²) in [4.78, 5) is 11.9. The molecule has 1 aromatic heterocycles. The summed E-state index contributed by atoms with van der Waals surface area (Å²) < 4.78 is 2.35. The van der Waals surface area contributed by atoms with Crippen LogP contribution in [0.2, 0.25) is 0 Å². The molecule has 2 aliphatic rings. The minimum Gasteiger partial charge on any atom is -0.352 e. The Bertz CT molecular complexity index is 624. The number of rotatable bonds is 0. The van der Waals surface area contributed by atoms with E-state index in [0.29, 0.717) is 0 Å². The number of nitrogens with one attached hydrogen (secondary N) is 1. The van der Waals surface area contributed by atoms with Crippen molar-refractivity contribution in [1.29, 1.82) is 0 Å². The molecule has 3 nitrogen and oxygen atoms in total. The van der Waals surface area contributed by atoms with Crippen LogP contribution in [0.4, 0.5) is 0 Å². The number of carbonyl (C=O) groups is 1. The maximum Gasteiger partial charge on any atom is 0.253 e. The van der Waals surface area contributed by atoms with Crippen molar-refractivity contribution in [1.82, 2.24) is 9.88 Å². The molecule has 0 saturated heterocycles. The highest BCUT2D eigenvalue weighted by atomic mass is 16.1. The average Bonchev–Trinajstić information content (AvgIpc) is 2.85. The third kappa shape index (κ3) is 0.825. The van der Waals surface area contributed by atoms with Crippen molar-refractivity contribution in [2.45, 2.75) is 19.4 Å². The first kappa shape index (κ1) is 8.39. The van der Waals surface area contributed by atoms with Gasteiger partial charge in [-0.05, 0) is 12.0 Å². The van der Waals surface area contributed by atoms with Gasteiger partial charge in [0, 0.05) is 30.6 Å². The molecule has 3 heterocycles. The maximum absolute atomic E-state index is 11.9. The summed E-state index contributed by atoms with van der Waals surface area (Å²) in [7, 11) is 0. The van der Waals surface area contributed by atoms with Gasteiger partial charge < -0.3 is 9.88 Å². The van der Waals surface area contributed by atoms with Crippen LogP contribution in [0.3, 0.4) is 0 Å². The number of benzene rings is 1. The standard InChI is InChI=1S/C13H12N2O/c16-13-11-9-3-1-2-8-5-7-15(12(8)9)10(11)4-6-14-13/h1-3H,4-7H2,(H,14,16). The molecule has 0 saturated carbocycles. The van der Waals surface area contributed by atoms with Gasteiger partial charge in [0.2, 0.25) is 0 Å². The summed E-state index contributed by atoms with van der Waals surface area (Å²) in [6.45, 7) is 1.82. The Labute approximate surface area is 93.1 Å². The number of carbonyl (C=O) groups excluding carboxylic acids is 1. The minimum atomic E-state index is 0.101. The number of hydrogen-bond acceptors (Lipinski definition) is 1. The molecule has 2 aliphatic heterocycles. The van der Waals surface area contributed by atoms with Crippen molar-refractivity contribution < 1.29 is 4.79 Å². The molecule has 16 heavy (non-hydrogen) atoms. The number of aromatic nitrogens is 1. The Morgan fingerprint density at radius 1 is 1.25 bits per heavy atom. The molecule has 0 bridgehead atoms. The molecule has 0 fully saturated rings. The van der Waals surface area contributed by atoms with E-state index in [2.05, 4.69) is 28.1 Å². The van der Waals surface area contributed by atoms with E-state index in [4.69, 9.17) is 0 Å². The Kier molecular flexibility index (Phi) is 1.40. The van der Waals surface area contributed by atoms with Crippen molar-refractivity contribution in [2.75, 3.05) is 6.54 Å². The van der Waals surface area contributed by atoms with Gasteiger partial charge in [0.1, 0.15) is 0 Å². The summed E-state index contributed by atoms with van der Waals surface area (Å²) in [6, 6.07) is 6.31. The molecule has 1 amide bonds. The topological polar surface area (TPSA) is 34.0 Å². The molecule has 1 aromatic carbocycles. The second-order valence-electron chi connectivity index (χ2n) is 4.54. The van der Waals surface area contributed by atoms with Crippen LogP contribution in [0.5, 0.6) is 0 Å². The van der Waals surface area contributed by atoms with E-state index in [1.54, 1.807) is 0 Å². The second-order valence-corrected chi connectivity index (χ2v) is 4.54. The Hall–Kier alpha value is -1.77. The van der Waals surface area contributed by atoms with Crippen LogP contribution in [-0.2, 0) is 19.4 Å². The second kappa shape index (κ2) is 2.67. The maximum atomic E-state index is 11.9. The van der Waals surface area contributed by atoms with Gasteiger partial charge in [-0.15, -0.1) is 0 Å². The van der Waals surface area contributed by atoms with Crippen molar-refractivity contribution >= 4 is 16.8 Å². The SMILES string of the molecule is O=C1NCCc2c1c1cccc3c1n2CC3. The van der Waals surface area contributed by atoms with E-state index < -0.39 is 0 Å². The van der Waals surface area contributed by atoms with Gasteiger partial charge in [-0.25, -0.2) is 0 Å². The van der Waals surface area contributed by atoms with Crippen LogP contribution in [0.15, 0.2) is 18.2 Å². The van der Waals surface area contributed by atoms with Crippen LogP contribution in [0.1, 0.15) is 21.6 Å². The Morgan fingerprint density at radius 2 is 2.19 bits per heavy atom. The van der Waals surface area contributed by atoms with Gasteiger partial charge in [0.05, 0.1) is 11.1 Å². The number of fused-ring (bicyclic) bond motifs is 3. The highest BCUT2D eigenvalue weighted by Gasteiger charge is 2.28. The number of aryl methyl sites for hydroxylation is 2. The third-order valence-electron chi connectivity index (χ3n) is 3.75. The lowest BCUT2D eigenvalue weighted by atomic mass is 10.0. The monoisotopic (exact) mass is 212 g/mol. The highest BCUT2D eigenvalue weighted by Crippen LogP contribution is 2.34. The van der Waals surface area contributed by atoms with Gasteiger partial charge >= 0.3 is 0 Å². The average molecular weight is 212 g/mol. The molecule has 0 unspecified atom stereocenters. The molecule has 0 aliphatic carbocycles. The zero-order chi connectivity index (χ0) is 10.7. The summed E-state index contributed by atoms with van der Waals surface area (Å²) in [6.07, 6.45) is 2.08. The zero-order valence-corrected chi connectivity index (χ0v) is 8.92. The number of hydrogen-bond donors (Lipinski definition) is 1. The molecule has 0 radical (unpaired) electrons. The fraction of sp³-hybridized carbons (Fsp3) is 0.308. The number of amides is 1. The number of para-hydroxylation sites is 1. The van der Waals surface area contributed by atoms with E-state index in [9.17, 15) is 4.79 Å². The first-order valence-corrected chi connectivity index (χ1v) is 5.77. The van der Waals surface area contributed by atoms with E-state index in [-0.39, 0.29) is 5.91 Å². The van der Waals surface area contributed by atoms with E-state index >= 15 is 0 Å². The first-order valence-electron chi connectivity index (χ1n) is 5.77. The summed E-state index contributed by atoms with van der Waals surface area (Å²) >= 11 is 0. The van der Waals surface area contributed by atoms with Crippen LogP contribution < -0.4 is 5.32 Å². The lowest BCUT2D eigenvalue weighted by Gasteiger charge is -2.15. The van der Waals surface area contributed by atoms with Crippen molar-refractivity contribution in [3.8, 4) is 0 Å². The lowest BCUT2D eigenvalue weighted by Crippen LogP contribution is -2.32. The fourth-order valence-electron chi connectivity index (χ4n) is 3.11. The summed E-state index contributed by atoms with van der Waals surface area (Å²) in [5.74, 6) is 0.101. The molecule has 4 rings (SSSR count). The van der Waals surface area contributed by atoms with Gasteiger partial charge in [0.25, 0.3) is 5.91 Å². The quantitative estimate of drug-likeness (QED) is 0.705. The van der Waals surface area contributed by atoms with E-state index in [1.165, 1.54) is 16.8 Å². The number of nitrogens with zero attached hydrogens (tertiary/aromatic N) is 1. The van der Waals surface area contributed by atoms with Gasteiger partial charge in [-0.1, -0.05) is 18.2 Å². The molecule has 2 aromatic rings. The minimum absolute atomic E-state index is 0.101. The Balaban J connectivity index is 2.21. The molecular weight excluding hydrogens is 200 g/mol. The first-order chi connectivity index (χ1) is 7.86. The van der Waals surface area contributed by atoms with Gasteiger partial charge in [-0.2, -0.15) is 0 Å². The van der Waals surface area contributed by atoms with Gasteiger partial charge in [-0.3, -0.25) is 4.79 Å². The molecule has 0 atom stereocenters.